The summed E-state index contributed by atoms with van der Waals surface area (Å²) in [6.07, 6.45) is 5.60. The highest BCUT2D eigenvalue weighted by Gasteiger charge is 2.50. The number of amides is 2. The van der Waals surface area contributed by atoms with Gasteiger partial charge in [-0.15, -0.1) is 0 Å². The van der Waals surface area contributed by atoms with Gasteiger partial charge in [0.2, 0.25) is 5.91 Å². The van der Waals surface area contributed by atoms with Crippen LogP contribution in [0.4, 0.5) is 4.79 Å². The van der Waals surface area contributed by atoms with E-state index in [9.17, 15) is 9.59 Å². The fraction of sp³-hybridized carbons (Fsp3) is 0.529. The third-order valence-electron chi connectivity index (χ3n) is 4.70. The van der Waals surface area contributed by atoms with Gasteiger partial charge in [-0.1, -0.05) is 54.8 Å². The molecule has 1 aliphatic heterocycles. The first-order valence-electron chi connectivity index (χ1n) is 8.04. The highest BCUT2D eigenvalue weighted by atomic mass is 35.5. The normalized spacial score (nSPS) is 28.4. The van der Waals surface area contributed by atoms with Gasteiger partial charge in [-0.2, -0.15) is 0 Å². The van der Waals surface area contributed by atoms with Crippen LogP contribution in [0.2, 0.25) is 5.02 Å². The molecule has 0 spiro atoms. The van der Waals surface area contributed by atoms with Gasteiger partial charge in [0.25, 0.3) is 5.24 Å². The van der Waals surface area contributed by atoms with Crippen molar-refractivity contribution in [1.82, 2.24) is 10.6 Å². The molecule has 124 valence electrons. The topological polar surface area (TPSA) is 58.2 Å². The van der Waals surface area contributed by atoms with E-state index in [-0.39, 0.29) is 22.4 Å². The highest BCUT2D eigenvalue weighted by Crippen LogP contribution is 2.44. The Morgan fingerprint density at radius 1 is 1.26 bits per heavy atom. The number of carbonyl (C=O) groups excluding carboxylic acids is 2. The lowest BCUT2D eigenvalue weighted by molar-refractivity contribution is -0.127. The Hall–Kier alpha value is -1.20. The number of hydrogen-bond donors (Lipinski definition) is 2. The molecule has 4 nitrogen and oxygen atoms in total. The molecule has 2 unspecified atom stereocenters. The van der Waals surface area contributed by atoms with Crippen molar-refractivity contribution in [1.29, 1.82) is 0 Å². The first kappa shape index (κ1) is 16.7. The van der Waals surface area contributed by atoms with Crippen molar-refractivity contribution in [2.24, 2.45) is 0 Å². The van der Waals surface area contributed by atoms with Crippen LogP contribution in [-0.4, -0.2) is 22.7 Å². The smallest absolute Gasteiger partial charge is 0.280 e. The van der Waals surface area contributed by atoms with E-state index in [1.807, 2.05) is 19.1 Å². The molecule has 1 aliphatic carbocycles. The minimum absolute atomic E-state index is 0.0947. The summed E-state index contributed by atoms with van der Waals surface area (Å²) in [5.41, 5.74) is -0.00780. The van der Waals surface area contributed by atoms with Gasteiger partial charge in [0.1, 0.15) is 5.54 Å². The highest BCUT2D eigenvalue weighted by molar-refractivity contribution is 8.14. The van der Waals surface area contributed by atoms with Crippen molar-refractivity contribution in [2.75, 3.05) is 0 Å². The number of thioether (sulfide) groups is 1. The van der Waals surface area contributed by atoms with Crippen molar-refractivity contribution in [3.63, 3.8) is 0 Å². The number of carbonyl (C=O) groups is 2. The zero-order valence-corrected chi connectivity index (χ0v) is 14.7. The molecular formula is C17H21ClN2O2S. The summed E-state index contributed by atoms with van der Waals surface area (Å²) < 4.78 is 0. The molecule has 0 bridgehead atoms. The summed E-state index contributed by atoms with van der Waals surface area (Å²) in [4.78, 5) is 24.8. The predicted octanol–water partition coefficient (Wildman–Crippen LogP) is 4.05. The second-order valence-corrected chi connectivity index (χ2v) is 7.99. The predicted molar refractivity (Wildman–Crippen MR) is 93.7 cm³/mol. The molecule has 2 amide bonds. The molecule has 6 heteroatoms. The Kier molecular flexibility index (Phi) is 4.87. The first-order chi connectivity index (χ1) is 11.0. The third kappa shape index (κ3) is 3.50. The van der Waals surface area contributed by atoms with Gasteiger partial charge in [0, 0.05) is 11.1 Å². The largest absolute Gasteiger partial charge is 0.351 e. The average Bonchev–Trinajstić information content (AvgIpc) is 2.85. The molecule has 0 aromatic heterocycles. The van der Waals surface area contributed by atoms with Crippen molar-refractivity contribution >= 4 is 34.5 Å². The summed E-state index contributed by atoms with van der Waals surface area (Å²) >= 11 is 7.11. The molecule has 1 heterocycles. The van der Waals surface area contributed by atoms with Crippen LogP contribution in [0.3, 0.4) is 0 Å². The van der Waals surface area contributed by atoms with E-state index >= 15 is 0 Å². The minimum atomic E-state index is -0.937. The quantitative estimate of drug-likeness (QED) is 0.862. The monoisotopic (exact) mass is 352 g/mol. The summed E-state index contributed by atoms with van der Waals surface area (Å²) in [5.74, 6) is -0.0947. The number of nitrogens with one attached hydrogen (secondary N) is 2. The lowest BCUT2D eigenvalue weighted by atomic mass is 9.89. The van der Waals surface area contributed by atoms with Crippen LogP contribution >= 0.6 is 23.4 Å². The number of halogens is 1. The van der Waals surface area contributed by atoms with E-state index in [0.29, 0.717) is 5.02 Å². The van der Waals surface area contributed by atoms with E-state index < -0.39 is 5.54 Å². The number of benzene rings is 1. The van der Waals surface area contributed by atoms with Crippen LogP contribution in [0, 0.1) is 0 Å². The number of rotatable bonds is 3. The molecule has 1 saturated heterocycles. The van der Waals surface area contributed by atoms with Crippen molar-refractivity contribution in [2.45, 2.75) is 55.9 Å². The maximum absolute atomic E-state index is 12.9. The third-order valence-corrected chi connectivity index (χ3v) is 6.24. The lowest BCUT2D eigenvalue weighted by Crippen LogP contribution is -2.57. The van der Waals surface area contributed by atoms with Crippen molar-refractivity contribution < 1.29 is 9.59 Å². The van der Waals surface area contributed by atoms with Gasteiger partial charge in [-0.3, -0.25) is 9.59 Å². The van der Waals surface area contributed by atoms with Gasteiger partial charge in [0.15, 0.2) is 0 Å². The summed E-state index contributed by atoms with van der Waals surface area (Å²) in [6.45, 7) is 1.81. The summed E-state index contributed by atoms with van der Waals surface area (Å²) in [5, 5.41) is 6.23. The Morgan fingerprint density at radius 2 is 1.91 bits per heavy atom. The van der Waals surface area contributed by atoms with E-state index in [0.717, 1.165) is 31.2 Å². The molecule has 23 heavy (non-hydrogen) atoms. The van der Waals surface area contributed by atoms with Gasteiger partial charge in [-0.05, 0) is 37.5 Å². The standard InChI is InChI=1S/C17H21ClN2O2S/c1-17(15(21)19-13-5-3-2-4-6-13)14(23-16(22)20-17)11-7-9-12(18)10-8-11/h7-10,13-14H,2-6H2,1H3,(H,19,21)(H,20,22). The summed E-state index contributed by atoms with van der Waals surface area (Å²) in [6, 6.07) is 7.57. The van der Waals surface area contributed by atoms with Gasteiger partial charge in [0.05, 0.1) is 5.25 Å². The molecule has 1 aromatic rings. The zero-order chi connectivity index (χ0) is 16.4. The average molecular weight is 353 g/mol. The fourth-order valence-electron chi connectivity index (χ4n) is 3.33. The van der Waals surface area contributed by atoms with Gasteiger partial charge in [-0.25, -0.2) is 0 Å². The number of hydrogen-bond acceptors (Lipinski definition) is 3. The maximum atomic E-state index is 12.9. The Balaban J connectivity index is 1.79. The van der Waals surface area contributed by atoms with Gasteiger partial charge >= 0.3 is 0 Å². The molecular weight excluding hydrogens is 332 g/mol. The van der Waals surface area contributed by atoms with Crippen molar-refractivity contribution in [3.05, 3.63) is 34.9 Å². The minimum Gasteiger partial charge on any atom is -0.351 e. The van der Waals surface area contributed by atoms with E-state index in [4.69, 9.17) is 11.6 Å². The van der Waals surface area contributed by atoms with E-state index in [1.54, 1.807) is 12.1 Å². The lowest BCUT2D eigenvalue weighted by Gasteiger charge is -2.32. The second kappa shape index (κ2) is 6.73. The molecule has 2 aliphatic rings. The van der Waals surface area contributed by atoms with Crippen LogP contribution in [0.5, 0.6) is 0 Å². The van der Waals surface area contributed by atoms with Crippen LogP contribution in [0.25, 0.3) is 0 Å². The SMILES string of the molecule is CC1(C(=O)NC2CCCCC2)NC(=O)SC1c1ccc(Cl)cc1. The molecule has 2 N–H and O–H groups in total. The molecule has 2 atom stereocenters. The molecule has 3 rings (SSSR count). The van der Waals surface area contributed by atoms with Crippen molar-refractivity contribution in [3.8, 4) is 0 Å². The van der Waals surface area contributed by atoms with Crippen LogP contribution in [-0.2, 0) is 4.79 Å². The first-order valence-corrected chi connectivity index (χ1v) is 9.30. The summed E-state index contributed by atoms with van der Waals surface area (Å²) in [7, 11) is 0. The molecule has 0 radical (unpaired) electrons. The fourth-order valence-corrected chi connectivity index (χ4v) is 4.63. The molecule has 1 aromatic carbocycles. The zero-order valence-electron chi connectivity index (χ0n) is 13.1. The van der Waals surface area contributed by atoms with Crippen LogP contribution in [0.15, 0.2) is 24.3 Å². The second-order valence-electron chi connectivity index (χ2n) is 6.47. The Bertz CT molecular complexity index is 601. The molecule has 2 fully saturated rings. The van der Waals surface area contributed by atoms with E-state index in [1.165, 1.54) is 18.2 Å². The van der Waals surface area contributed by atoms with Crippen LogP contribution < -0.4 is 10.6 Å². The Labute approximate surface area is 145 Å². The van der Waals surface area contributed by atoms with Crippen LogP contribution in [0.1, 0.15) is 49.8 Å². The Morgan fingerprint density at radius 3 is 2.57 bits per heavy atom. The van der Waals surface area contributed by atoms with Gasteiger partial charge < -0.3 is 10.6 Å². The maximum Gasteiger partial charge on any atom is 0.280 e. The van der Waals surface area contributed by atoms with E-state index in [2.05, 4.69) is 10.6 Å². The molecule has 1 saturated carbocycles.